The molecule has 2 aromatic heterocycles. The molecule has 1 saturated carbocycles. The highest BCUT2D eigenvalue weighted by molar-refractivity contribution is 5.69. The van der Waals surface area contributed by atoms with Crippen molar-refractivity contribution in [2.24, 2.45) is 11.8 Å². The van der Waals surface area contributed by atoms with E-state index in [2.05, 4.69) is 5.10 Å². The monoisotopic (exact) mass is 288 g/mol. The fraction of sp³-hybridized carbons (Fsp3) is 0.429. The maximum Gasteiger partial charge on any atom is 0.0967 e. The highest BCUT2D eigenvalue weighted by atomic mass is 16.3. The Morgan fingerprint density at radius 1 is 1.29 bits per heavy atom. The average Bonchev–Trinajstić information content (AvgIpc) is 3.00. The zero-order chi connectivity index (χ0) is 15.1. The van der Waals surface area contributed by atoms with Crippen molar-refractivity contribution in [1.82, 2.24) is 9.61 Å². The van der Waals surface area contributed by atoms with Crippen LogP contribution in [0.15, 0.2) is 24.4 Å². The van der Waals surface area contributed by atoms with Crippen molar-refractivity contribution in [3.8, 4) is 6.07 Å². The minimum Gasteiger partial charge on any atom is -0.397 e. The molecule has 21 heavy (non-hydrogen) atoms. The molecule has 0 aliphatic heterocycles. The van der Waals surface area contributed by atoms with Crippen LogP contribution in [0.2, 0.25) is 0 Å². The van der Waals surface area contributed by atoms with E-state index in [0.29, 0.717) is 16.9 Å². The predicted octanol–water partition coefficient (Wildman–Crippen LogP) is -0.516. The first kappa shape index (κ1) is 13.8. The molecule has 0 amide bonds. The van der Waals surface area contributed by atoms with Crippen molar-refractivity contribution in [3.63, 3.8) is 0 Å². The molecule has 0 bridgehead atoms. The Hall–Kier alpha value is -2.14. The topological polar surface area (TPSA) is 128 Å². The summed E-state index contributed by atoms with van der Waals surface area (Å²) >= 11 is 0. The van der Waals surface area contributed by atoms with Gasteiger partial charge in [0.2, 0.25) is 0 Å². The minimum absolute atomic E-state index is 0.323. The Morgan fingerprint density at radius 3 is 2.71 bits per heavy atom. The number of nitrogen functional groups attached to an aromatic ring is 1. The molecule has 3 rings (SSSR count). The molecule has 7 nitrogen and oxygen atoms in total. The summed E-state index contributed by atoms with van der Waals surface area (Å²) < 4.78 is 1.60. The molecule has 5 N–H and O–H groups in total. The third kappa shape index (κ3) is 1.88. The smallest absolute Gasteiger partial charge is 0.0967 e. The van der Waals surface area contributed by atoms with Crippen molar-refractivity contribution < 1.29 is 15.3 Å². The van der Waals surface area contributed by atoms with Crippen LogP contribution in [0.3, 0.4) is 0 Å². The van der Waals surface area contributed by atoms with Gasteiger partial charge in [0.15, 0.2) is 0 Å². The number of rotatable bonds is 2. The lowest BCUT2D eigenvalue weighted by Crippen LogP contribution is -2.29. The molecule has 0 aromatic carbocycles. The Morgan fingerprint density at radius 2 is 2.05 bits per heavy atom. The summed E-state index contributed by atoms with van der Waals surface area (Å²) in [6.45, 7) is -0.323. The fourth-order valence-corrected chi connectivity index (χ4v) is 3.25. The number of aromatic nitrogens is 2. The lowest BCUT2D eigenvalue weighted by atomic mass is 9.87. The van der Waals surface area contributed by atoms with Crippen LogP contribution in [0.4, 0.5) is 5.69 Å². The highest BCUT2D eigenvalue weighted by Gasteiger charge is 2.51. The van der Waals surface area contributed by atoms with E-state index >= 15 is 0 Å². The van der Waals surface area contributed by atoms with E-state index < -0.39 is 30.0 Å². The van der Waals surface area contributed by atoms with Gasteiger partial charge in [-0.25, -0.2) is 4.52 Å². The van der Waals surface area contributed by atoms with Gasteiger partial charge in [0.25, 0.3) is 0 Å². The Bertz CT molecular complexity index is 708. The summed E-state index contributed by atoms with van der Waals surface area (Å²) in [4.78, 5) is 0. The first-order valence-corrected chi connectivity index (χ1v) is 6.69. The van der Waals surface area contributed by atoms with E-state index in [0.717, 1.165) is 0 Å². The first-order chi connectivity index (χ1) is 10.1. The van der Waals surface area contributed by atoms with Crippen LogP contribution >= 0.6 is 0 Å². The molecule has 1 aliphatic rings. The van der Waals surface area contributed by atoms with Crippen LogP contribution in [-0.4, -0.2) is 43.7 Å². The van der Waals surface area contributed by atoms with Crippen molar-refractivity contribution in [2.75, 3.05) is 12.3 Å². The number of anilines is 1. The van der Waals surface area contributed by atoms with Gasteiger partial charge in [0, 0.05) is 30.3 Å². The van der Waals surface area contributed by atoms with Crippen LogP contribution in [0.25, 0.3) is 5.52 Å². The van der Waals surface area contributed by atoms with Crippen LogP contribution in [0.5, 0.6) is 0 Å². The van der Waals surface area contributed by atoms with E-state index in [1.54, 1.807) is 28.9 Å². The molecule has 0 radical (unpaired) electrons. The molecular weight excluding hydrogens is 272 g/mol. The van der Waals surface area contributed by atoms with Crippen molar-refractivity contribution in [2.45, 2.75) is 18.1 Å². The standard InChI is InChI=1S/C14H16N4O3/c15-5-7-12(8(6-19)14(21)13(7)20)11-2-1-10-9(16)3-4-17-18(10)11/h1-4,7-8,12-14,19-21H,6,16H2/t7-,8-,12?,13-,14+/m0/s1. The molecule has 2 heterocycles. The largest absolute Gasteiger partial charge is 0.397 e. The molecule has 1 unspecified atom stereocenters. The van der Waals surface area contributed by atoms with Gasteiger partial charge < -0.3 is 21.1 Å². The number of nitrogens with two attached hydrogens (primary N) is 1. The molecule has 110 valence electrons. The van der Waals surface area contributed by atoms with Gasteiger partial charge in [-0.3, -0.25) is 0 Å². The molecule has 7 heteroatoms. The molecule has 1 aliphatic carbocycles. The minimum atomic E-state index is -1.19. The summed E-state index contributed by atoms with van der Waals surface area (Å²) in [5.41, 5.74) is 7.77. The second kappa shape index (κ2) is 5.00. The second-order valence-electron chi connectivity index (χ2n) is 5.35. The molecule has 5 atom stereocenters. The van der Waals surface area contributed by atoms with Gasteiger partial charge in [-0.05, 0) is 18.2 Å². The number of nitrogens with zero attached hydrogens (tertiary/aromatic N) is 3. The SMILES string of the molecule is N#C[C@H]1C(c2ccc3c(N)ccnn23)[C@H](CO)[C@@H](O)[C@H]1O. The van der Waals surface area contributed by atoms with Crippen LogP contribution < -0.4 is 5.73 Å². The third-order valence-electron chi connectivity index (χ3n) is 4.32. The fourth-order valence-electron chi connectivity index (χ4n) is 3.25. The summed E-state index contributed by atoms with van der Waals surface area (Å²) in [7, 11) is 0. The summed E-state index contributed by atoms with van der Waals surface area (Å²) in [6, 6.07) is 7.24. The van der Waals surface area contributed by atoms with E-state index in [4.69, 9.17) is 5.73 Å². The number of aliphatic hydroxyl groups excluding tert-OH is 3. The van der Waals surface area contributed by atoms with Gasteiger partial charge in [-0.15, -0.1) is 0 Å². The first-order valence-electron chi connectivity index (χ1n) is 6.69. The second-order valence-corrected chi connectivity index (χ2v) is 5.35. The number of hydrogen-bond acceptors (Lipinski definition) is 6. The third-order valence-corrected chi connectivity index (χ3v) is 4.32. The number of aliphatic hydroxyl groups is 3. The lowest BCUT2D eigenvalue weighted by Gasteiger charge is -2.20. The van der Waals surface area contributed by atoms with Crippen LogP contribution in [-0.2, 0) is 0 Å². The maximum atomic E-state index is 10.0. The zero-order valence-electron chi connectivity index (χ0n) is 11.2. The van der Waals surface area contributed by atoms with Gasteiger partial charge in [0.05, 0.1) is 35.4 Å². The Kier molecular flexibility index (Phi) is 3.29. The Labute approximate surface area is 120 Å². The summed E-state index contributed by atoms with van der Waals surface area (Å²) in [5, 5.41) is 43.1. The van der Waals surface area contributed by atoms with Crippen molar-refractivity contribution in [1.29, 1.82) is 5.26 Å². The molecular formula is C14H16N4O3. The van der Waals surface area contributed by atoms with E-state index in [1.807, 2.05) is 6.07 Å². The summed E-state index contributed by atoms with van der Waals surface area (Å²) in [6.07, 6.45) is -0.789. The molecule has 2 aromatic rings. The number of fused-ring (bicyclic) bond motifs is 1. The van der Waals surface area contributed by atoms with Gasteiger partial charge in [0.1, 0.15) is 0 Å². The van der Waals surface area contributed by atoms with Crippen LogP contribution in [0, 0.1) is 23.2 Å². The van der Waals surface area contributed by atoms with Crippen molar-refractivity contribution in [3.05, 3.63) is 30.1 Å². The average molecular weight is 288 g/mol. The van der Waals surface area contributed by atoms with Gasteiger partial charge >= 0.3 is 0 Å². The van der Waals surface area contributed by atoms with Gasteiger partial charge in [-0.2, -0.15) is 10.4 Å². The lowest BCUT2D eigenvalue weighted by molar-refractivity contribution is -0.000511. The summed E-state index contributed by atoms with van der Waals surface area (Å²) in [5.74, 6) is -1.94. The molecule has 0 spiro atoms. The zero-order valence-corrected chi connectivity index (χ0v) is 11.2. The van der Waals surface area contributed by atoms with Crippen molar-refractivity contribution >= 4 is 11.2 Å². The highest BCUT2D eigenvalue weighted by Crippen LogP contribution is 2.44. The quantitative estimate of drug-likeness (QED) is 0.589. The molecule has 1 fully saturated rings. The van der Waals surface area contributed by atoms with E-state index in [9.17, 15) is 20.6 Å². The number of hydrogen-bond donors (Lipinski definition) is 4. The van der Waals surface area contributed by atoms with E-state index in [1.165, 1.54) is 0 Å². The normalized spacial score (nSPS) is 32.4. The van der Waals surface area contributed by atoms with E-state index in [-0.39, 0.29) is 6.61 Å². The maximum absolute atomic E-state index is 10.0. The predicted molar refractivity (Wildman–Crippen MR) is 74.0 cm³/mol. The Balaban J connectivity index is 2.16. The number of nitriles is 1. The molecule has 0 saturated heterocycles. The van der Waals surface area contributed by atoms with Crippen LogP contribution in [0.1, 0.15) is 11.6 Å². The van der Waals surface area contributed by atoms with Gasteiger partial charge in [-0.1, -0.05) is 0 Å².